The van der Waals surface area contributed by atoms with Crippen molar-refractivity contribution in [2.24, 2.45) is 0 Å². The lowest BCUT2D eigenvalue weighted by Crippen LogP contribution is -1.73. The lowest BCUT2D eigenvalue weighted by molar-refractivity contribution is 1.62. The van der Waals surface area contributed by atoms with Gasteiger partial charge in [-0.15, -0.1) is 13.2 Å². The van der Waals surface area contributed by atoms with Crippen LogP contribution >= 0.6 is 0 Å². The van der Waals surface area contributed by atoms with Crippen molar-refractivity contribution in [2.45, 2.75) is 0 Å². The summed E-state index contributed by atoms with van der Waals surface area (Å²) in [6, 6.07) is 8.16. The minimum Gasteiger partial charge on any atom is -0.106 e. The van der Waals surface area contributed by atoms with E-state index in [1.807, 2.05) is 36.4 Å². The summed E-state index contributed by atoms with van der Waals surface area (Å²) in [6.45, 7) is 13.3. The number of rotatable bonds is 3. The molecule has 0 bridgehead atoms. The summed E-state index contributed by atoms with van der Waals surface area (Å²) in [7, 11) is 0. The molecule has 0 heterocycles. The molecule has 0 heteroatoms. The zero-order chi connectivity index (χ0) is 10.8. The summed E-state index contributed by atoms with van der Waals surface area (Å²) in [6.07, 6.45) is 7.54. The predicted octanol–water partition coefficient (Wildman–Crippen LogP) is 4.33. The first kappa shape index (κ1) is 12.2. The highest BCUT2D eigenvalue weighted by Gasteiger charge is 1.86. The Morgan fingerprint density at radius 2 is 1.64 bits per heavy atom. The van der Waals surface area contributed by atoms with E-state index in [0.29, 0.717) is 0 Å². The Bertz CT molecular complexity index is 319. The summed E-state index contributed by atoms with van der Waals surface area (Å²) < 4.78 is 0. The molecule has 0 radical (unpaired) electrons. The molecule has 0 saturated carbocycles. The van der Waals surface area contributed by atoms with Crippen molar-refractivity contribution in [3.63, 3.8) is 0 Å². The van der Waals surface area contributed by atoms with Gasteiger partial charge in [-0.3, -0.25) is 0 Å². The largest absolute Gasteiger partial charge is 0.106 e. The molecule has 0 N–H and O–H groups in total. The Kier molecular flexibility index (Phi) is 6.79. The van der Waals surface area contributed by atoms with Gasteiger partial charge < -0.3 is 0 Å². The van der Waals surface area contributed by atoms with Crippen LogP contribution in [0.2, 0.25) is 0 Å². The van der Waals surface area contributed by atoms with Crippen molar-refractivity contribution in [1.29, 1.82) is 0 Å². The Balaban J connectivity index is 0.000000791. The van der Waals surface area contributed by atoms with Gasteiger partial charge in [0.1, 0.15) is 0 Å². The van der Waals surface area contributed by atoms with Crippen molar-refractivity contribution < 1.29 is 0 Å². The van der Waals surface area contributed by atoms with Gasteiger partial charge in [0, 0.05) is 0 Å². The molecule has 0 aliphatic carbocycles. The van der Waals surface area contributed by atoms with Crippen molar-refractivity contribution >= 4 is 12.2 Å². The number of hydrogen-bond acceptors (Lipinski definition) is 0. The number of allylic oxidation sites excluding steroid dienone is 2. The molecule has 0 unspecified atom stereocenters. The first-order chi connectivity index (χ1) is 6.86. The fourth-order valence-corrected chi connectivity index (χ4v) is 0.969. The summed E-state index contributed by atoms with van der Waals surface area (Å²) in [5.74, 6) is 0. The second-order valence-corrected chi connectivity index (χ2v) is 2.47. The summed E-state index contributed by atoms with van der Waals surface area (Å²) in [5, 5.41) is 0. The van der Waals surface area contributed by atoms with Gasteiger partial charge in [0.05, 0.1) is 0 Å². The first-order valence-electron chi connectivity index (χ1n) is 4.38. The van der Waals surface area contributed by atoms with Crippen LogP contribution in [-0.2, 0) is 0 Å². The van der Waals surface area contributed by atoms with E-state index in [0.717, 1.165) is 5.56 Å². The molecule has 72 valence electrons. The minimum absolute atomic E-state index is 1.14. The average Bonchev–Trinajstić information content (AvgIpc) is 2.29. The quantitative estimate of drug-likeness (QED) is 0.484. The van der Waals surface area contributed by atoms with Crippen LogP contribution in [0, 0.1) is 0 Å². The molecule has 14 heavy (non-hydrogen) atoms. The highest BCUT2D eigenvalue weighted by Crippen LogP contribution is 2.07. The molecule has 0 atom stereocenters. The van der Waals surface area contributed by atoms with E-state index >= 15 is 0 Å². The zero-order valence-corrected chi connectivity index (χ0v) is 8.45. The maximum atomic E-state index is 3.71. The van der Waals surface area contributed by atoms with Gasteiger partial charge in [0.2, 0.25) is 0 Å². The maximum absolute atomic E-state index is 3.71. The third kappa shape index (κ3) is 4.27. The summed E-state index contributed by atoms with van der Waals surface area (Å²) in [5.41, 5.74) is 2.31. The smallest absolute Gasteiger partial charge is 0.0251 e. The standard InChI is InChI=1S/C12H12.C2H4/c1-3-5-7-12-9-6-8-11(4-2)10-12;1-2/h3-10H,1-2H2;1-2H2. The molecule has 0 aromatic heterocycles. The molecule has 1 aromatic rings. The van der Waals surface area contributed by atoms with Crippen molar-refractivity contribution in [1.82, 2.24) is 0 Å². The highest BCUT2D eigenvalue weighted by molar-refractivity contribution is 5.57. The molecule has 1 aromatic carbocycles. The molecule has 0 aliphatic rings. The van der Waals surface area contributed by atoms with Crippen LogP contribution in [0.3, 0.4) is 0 Å². The second-order valence-electron chi connectivity index (χ2n) is 2.47. The third-order valence-corrected chi connectivity index (χ3v) is 1.57. The number of hydrogen-bond donors (Lipinski definition) is 0. The molecule has 0 saturated heterocycles. The van der Waals surface area contributed by atoms with Crippen LogP contribution in [0.4, 0.5) is 0 Å². The van der Waals surface area contributed by atoms with Gasteiger partial charge in [-0.1, -0.05) is 55.7 Å². The minimum atomic E-state index is 1.14. The van der Waals surface area contributed by atoms with Crippen LogP contribution < -0.4 is 0 Å². The number of benzene rings is 1. The van der Waals surface area contributed by atoms with Gasteiger partial charge >= 0.3 is 0 Å². The van der Waals surface area contributed by atoms with Crippen molar-refractivity contribution in [3.05, 3.63) is 73.9 Å². The molecule has 0 amide bonds. The van der Waals surface area contributed by atoms with Gasteiger partial charge in [0.25, 0.3) is 0 Å². The average molecular weight is 184 g/mol. The molecular weight excluding hydrogens is 168 g/mol. The van der Waals surface area contributed by atoms with Crippen LogP contribution in [-0.4, -0.2) is 0 Å². The Morgan fingerprint density at radius 3 is 2.21 bits per heavy atom. The monoisotopic (exact) mass is 184 g/mol. The van der Waals surface area contributed by atoms with Gasteiger partial charge in [-0.25, -0.2) is 0 Å². The maximum Gasteiger partial charge on any atom is -0.0251 e. The predicted molar refractivity (Wildman–Crippen MR) is 67.0 cm³/mol. The fraction of sp³-hybridized carbons (Fsp3) is 0. The van der Waals surface area contributed by atoms with Crippen LogP contribution in [0.1, 0.15) is 11.1 Å². The Morgan fingerprint density at radius 1 is 1.00 bits per heavy atom. The van der Waals surface area contributed by atoms with Crippen molar-refractivity contribution in [3.8, 4) is 0 Å². The topological polar surface area (TPSA) is 0 Å². The summed E-state index contributed by atoms with van der Waals surface area (Å²) >= 11 is 0. The Hall–Kier alpha value is -1.82. The van der Waals surface area contributed by atoms with Gasteiger partial charge in [0.15, 0.2) is 0 Å². The van der Waals surface area contributed by atoms with E-state index in [4.69, 9.17) is 0 Å². The van der Waals surface area contributed by atoms with E-state index in [1.165, 1.54) is 5.56 Å². The molecule has 0 aliphatic heterocycles. The summed E-state index contributed by atoms with van der Waals surface area (Å²) in [4.78, 5) is 0. The molecule has 1 rings (SSSR count). The van der Waals surface area contributed by atoms with E-state index in [2.05, 4.69) is 32.4 Å². The van der Waals surface area contributed by atoms with Gasteiger partial charge in [-0.2, -0.15) is 0 Å². The van der Waals surface area contributed by atoms with Crippen LogP contribution in [0.25, 0.3) is 12.2 Å². The van der Waals surface area contributed by atoms with Crippen LogP contribution in [0.5, 0.6) is 0 Å². The lowest BCUT2D eigenvalue weighted by Gasteiger charge is -1.94. The zero-order valence-electron chi connectivity index (χ0n) is 8.45. The molecular formula is C14H16. The lowest BCUT2D eigenvalue weighted by atomic mass is 10.1. The molecule has 0 nitrogen and oxygen atoms in total. The molecule has 0 spiro atoms. The SMILES string of the molecule is C=C.C=CC=Cc1cccc(C=C)c1. The van der Waals surface area contributed by atoms with Crippen LogP contribution in [0.15, 0.2) is 62.7 Å². The Labute approximate surface area is 86.6 Å². The van der Waals surface area contributed by atoms with E-state index < -0.39 is 0 Å². The normalized spacial score (nSPS) is 8.86. The van der Waals surface area contributed by atoms with E-state index in [9.17, 15) is 0 Å². The molecule has 0 fully saturated rings. The first-order valence-corrected chi connectivity index (χ1v) is 4.38. The van der Waals surface area contributed by atoms with E-state index in [-0.39, 0.29) is 0 Å². The van der Waals surface area contributed by atoms with Crippen molar-refractivity contribution in [2.75, 3.05) is 0 Å². The van der Waals surface area contributed by atoms with Gasteiger partial charge in [-0.05, 0) is 17.2 Å². The second kappa shape index (κ2) is 7.81. The fourth-order valence-electron chi connectivity index (χ4n) is 0.969. The third-order valence-electron chi connectivity index (χ3n) is 1.57. The van der Waals surface area contributed by atoms with E-state index in [1.54, 1.807) is 6.08 Å². The highest BCUT2D eigenvalue weighted by atomic mass is 13.9.